The molecule has 1 aromatic carbocycles. The minimum Gasteiger partial charge on any atom is -0.322 e. The normalized spacial score (nSPS) is 13.5. The Balaban J connectivity index is 2.12. The van der Waals surface area contributed by atoms with E-state index in [4.69, 9.17) is 5.73 Å². The maximum Gasteiger partial charge on any atom is 0.416 e. The standard InChI is InChI=1S/C13H14F3N3/c1-9-6-7-18-19(9)8-12(17)10-2-4-11(5-3-10)13(14,15)16/h2-7,12H,8,17H2,1H3. The second-order valence-corrected chi connectivity index (χ2v) is 4.38. The molecule has 1 aromatic heterocycles. The van der Waals surface area contributed by atoms with Crippen LogP contribution in [-0.4, -0.2) is 9.78 Å². The zero-order valence-corrected chi connectivity index (χ0v) is 10.4. The van der Waals surface area contributed by atoms with Crippen LogP contribution < -0.4 is 5.73 Å². The number of benzene rings is 1. The molecule has 0 radical (unpaired) electrons. The molecule has 19 heavy (non-hydrogen) atoms. The fraction of sp³-hybridized carbons (Fsp3) is 0.308. The lowest BCUT2D eigenvalue weighted by Gasteiger charge is -2.14. The van der Waals surface area contributed by atoms with Gasteiger partial charge in [-0.25, -0.2) is 0 Å². The highest BCUT2D eigenvalue weighted by Gasteiger charge is 2.30. The Kier molecular flexibility index (Phi) is 3.61. The van der Waals surface area contributed by atoms with Crippen molar-refractivity contribution in [2.24, 2.45) is 5.73 Å². The van der Waals surface area contributed by atoms with Gasteiger partial charge in [0.25, 0.3) is 0 Å². The van der Waals surface area contributed by atoms with Gasteiger partial charge in [0.15, 0.2) is 0 Å². The van der Waals surface area contributed by atoms with E-state index in [-0.39, 0.29) is 6.04 Å². The molecule has 102 valence electrons. The van der Waals surface area contributed by atoms with E-state index >= 15 is 0 Å². The number of hydrogen-bond donors (Lipinski definition) is 1. The molecule has 1 heterocycles. The fourth-order valence-electron chi connectivity index (χ4n) is 1.80. The molecule has 3 nitrogen and oxygen atoms in total. The third-order valence-corrected chi connectivity index (χ3v) is 2.96. The lowest BCUT2D eigenvalue weighted by molar-refractivity contribution is -0.137. The Bertz CT molecular complexity index is 543. The highest BCUT2D eigenvalue weighted by atomic mass is 19.4. The summed E-state index contributed by atoms with van der Waals surface area (Å²) in [6.07, 6.45) is -2.66. The van der Waals surface area contributed by atoms with Gasteiger partial charge >= 0.3 is 6.18 Å². The molecule has 0 spiro atoms. The van der Waals surface area contributed by atoms with Gasteiger partial charge in [-0.1, -0.05) is 12.1 Å². The van der Waals surface area contributed by atoms with Crippen LogP contribution >= 0.6 is 0 Å². The van der Waals surface area contributed by atoms with Crippen LogP contribution in [0.2, 0.25) is 0 Å². The number of aromatic nitrogens is 2. The summed E-state index contributed by atoms with van der Waals surface area (Å²) in [5.41, 5.74) is 6.92. The topological polar surface area (TPSA) is 43.8 Å². The van der Waals surface area contributed by atoms with Crippen LogP contribution in [0.1, 0.15) is 22.9 Å². The molecule has 2 rings (SSSR count). The van der Waals surface area contributed by atoms with Crippen molar-refractivity contribution in [3.05, 3.63) is 53.3 Å². The number of halogens is 3. The summed E-state index contributed by atoms with van der Waals surface area (Å²) in [4.78, 5) is 0. The fourth-order valence-corrected chi connectivity index (χ4v) is 1.80. The minimum atomic E-state index is -4.32. The van der Waals surface area contributed by atoms with Crippen LogP contribution in [0.25, 0.3) is 0 Å². The molecule has 0 aliphatic rings. The van der Waals surface area contributed by atoms with E-state index in [1.807, 2.05) is 13.0 Å². The Morgan fingerprint density at radius 1 is 1.21 bits per heavy atom. The van der Waals surface area contributed by atoms with Crippen molar-refractivity contribution in [1.82, 2.24) is 9.78 Å². The third kappa shape index (κ3) is 3.14. The molecular weight excluding hydrogens is 255 g/mol. The van der Waals surface area contributed by atoms with Gasteiger partial charge < -0.3 is 5.73 Å². The summed E-state index contributed by atoms with van der Waals surface area (Å²) < 4.78 is 39.0. The van der Waals surface area contributed by atoms with Crippen LogP contribution in [0.15, 0.2) is 36.5 Å². The summed E-state index contributed by atoms with van der Waals surface area (Å²) in [6.45, 7) is 2.33. The average Bonchev–Trinajstić information content (AvgIpc) is 2.74. The molecule has 0 saturated carbocycles. The zero-order valence-electron chi connectivity index (χ0n) is 10.4. The number of nitrogens with zero attached hydrogens (tertiary/aromatic N) is 2. The van der Waals surface area contributed by atoms with Crippen molar-refractivity contribution in [3.8, 4) is 0 Å². The maximum atomic E-state index is 12.4. The zero-order chi connectivity index (χ0) is 14.0. The van der Waals surface area contributed by atoms with E-state index < -0.39 is 11.7 Å². The van der Waals surface area contributed by atoms with Crippen molar-refractivity contribution in [2.45, 2.75) is 25.7 Å². The van der Waals surface area contributed by atoms with E-state index in [2.05, 4.69) is 5.10 Å². The van der Waals surface area contributed by atoms with E-state index in [1.165, 1.54) is 12.1 Å². The Labute approximate surface area is 108 Å². The lowest BCUT2D eigenvalue weighted by Crippen LogP contribution is -2.19. The molecule has 1 atom stereocenters. The van der Waals surface area contributed by atoms with Gasteiger partial charge in [-0.15, -0.1) is 0 Å². The van der Waals surface area contributed by atoms with Gasteiger partial charge in [0.1, 0.15) is 0 Å². The maximum absolute atomic E-state index is 12.4. The Morgan fingerprint density at radius 3 is 2.32 bits per heavy atom. The highest BCUT2D eigenvalue weighted by Crippen LogP contribution is 2.29. The largest absolute Gasteiger partial charge is 0.416 e. The van der Waals surface area contributed by atoms with Crippen LogP contribution in [0.4, 0.5) is 13.2 Å². The summed E-state index contributed by atoms with van der Waals surface area (Å²) in [6, 6.07) is 6.37. The molecule has 0 fully saturated rings. The summed E-state index contributed by atoms with van der Waals surface area (Å²) in [5, 5.41) is 4.09. The summed E-state index contributed by atoms with van der Waals surface area (Å²) in [7, 11) is 0. The van der Waals surface area contributed by atoms with Gasteiger partial charge in [-0.2, -0.15) is 18.3 Å². The molecule has 0 saturated heterocycles. The number of hydrogen-bond acceptors (Lipinski definition) is 2. The number of aryl methyl sites for hydroxylation is 1. The predicted octanol–water partition coefficient (Wildman–Crippen LogP) is 2.91. The first-order valence-corrected chi connectivity index (χ1v) is 5.79. The highest BCUT2D eigenvalue weighted by molar-refractivity contribution is 5.26. The molecule has 2 N–H and O–H groups in total. The Morgan fingerprint density at radius 2 is 1.84 bits per heavy atom. The quantitative estimate of drug-likeness (QED) is 0.931. The molecular formula is C13H14F3N3. The molecule has 0 bridgehead atoms. The molecule has 1 unspecified atom stereocenters. The Hall–Kier alpha value is -1.82. The SMILES string of the molecule is Cc1ccnn1CC(N)c1ccc(C(F)(F)F)cc1. The van der Waals surface area contributed by atoms with Crippen LogP contribution in [-0.2, 0) is 12.7 Å². The van der Waals surface area contributed by atoms with Gasteiger partial charge in [-0.05, 0) is 30.7 Å². The predicted molar refractivity (Wildman–Crippen MR) is 65.3 cm³/mol. The smallest absolute Gasteiger partial charge is 0.322 e. The van der Waals surface area contributed by atoms with Crippen LogP contribution in [0.5, 0.6) is 0 Å². The van der Waals surface area contributed by atoms with E-state index in [0.717, 1.165) is 17.8 Å². The first-order chi connectivity index (χ1) is 8.88. The van der Waals surface area contributed by atoms with Crippen molar-refractivity contribution in [2.75, 3.05) is 0 Å². The van der Waals surface area contributed by atoms with E-state index in [1.54, 1.807) is 10.9 Å². The number of alkyl halides is 3. The van der Waals surface area contributed by atoms with Gasteiger partial charge in [0, 0.05) is 17.9 Å². The first kappa shape index (κ1) is 13.6. The summed E-state index contributed by atoms with van der Waals surface area (Å²) in [5.74, 6) is 0. The van der Waals surface area contributed by atoms with Crippen LogP contribution in [0.3, 0.4) is 0 Å². The monoisotopic (exact) mass is 269 g/mol. The number of rotatable bonds is 3. The average molecular weight is 269 g/mol. The van der Waals surface area contributed by atoms with Gasteiger partial charge in [0.2, 0.25) is 0 Å². The molecule has 6 heteroatoms. The van der Waals surface area contributed by atoms with Crippen molar-refractivity contribution in [1.29, 1.82) is 0 Å². The lowest BCUT2D eigenvalue weighted by atomic mass is 10.1. The van der Waals surface area contributed by atoms with Gasteiger partial charge in [-0.3, -0.25) is 4.68 Å². The molecule has 0 aliphatic heterocycles. The van der Waals surface area contributed by atoms with Crippen LogP contribution in [0, 0.1) is 6.92 Å². The van der Waals surface area contributed by atoms with E-state index in [0.29, 0.717) is 12.1 Å². The third-order valence-electron chi connectivity index (χ3n) is 2.96. The second kappa shape index (κ2) is 5.05. The molecule has 2 aromatic rings. The first-order valence-electron chi connectivity index (χ1n) is 5.79. The van der Waals surface area contributed by atoms with Gasteiger partial charge in [0.05, 0.1) is 12.1 Å². The van der Waals surface area contributed by atoms with E-state index in [9.17, 15) is 13.2 Å². The van der Waals surface area contributed by atoms with Crippen molar-refractivity contribution in [3.63, 3.8) is 0 Å². The minimum absolute atomic E-state index is 0.388. The van der Waals surface area contributed by atoms with Crippen molar-refractivity contribution >= 4 is 0 Å². The number of nitrogens with two attached hydrogens (primary N) is 1. The van der Waals surface area contributed by atoms with Crippen molar-refractivity contribution < 1.29 is 13.2 Å². The molecule has 0 aliphatic carbocycles. The second-order valence-electron chi connectivity index (χ2n) is 4.38. The molecule has 0 amide bonds. The summed E-state index contributed by atoms with van der Waals surface area (Å²) >= 11 is 0.